The maximum Gasteiger partial charge on any atom is 0.227 e. The topological polar surface area (TPSA) is 20.3 Å². The minimum absolute atomic E-state index is 0.250. The molecule has 2 aromatic rings. The predicted molar refractivity (Wildman–Crippen MR) is 93.0 cm³/mol. The molecule has 0 radical (unpaired) electrons. The van der Waals surface area contributed by atoms with E-state index in [0.717, 1.165) is 30.8 Å². The van der Waals surface area contributed by atoms with Gasteiger partial charge in [0.05, 0.1) is 6.42 Å². The van der Waals surface area contributed by atoms with Crippen molar-refractivity contribution in [3.63, 3.8) is 0 Å². The summed E-state index contributed by atoms with van der Waals surface area (Å²) in [5.41, 5.74) is 2.48. The van der Waals surface area contributed by atoms with E-state index in [1.165, 1.54) is 5.56 Å². The minimum Gasteiger partial charge on any atom is -0.342 e. The van der Waals surface area contributed by atoms with Crippen LogP contribution >= 0.6 is 11.8 Å². The Hall–Kier alpha value is -1.74. The number of hydrogen-bond donors (Lipinski definition) is 0. The first-order valence-corrected chi connectivity index (χ1v) is 8.86. The summed E-state index contributed by atoms with van der Waals surface area (Å²) in [4.78, 5) is 14.5. The standard InChI is InChI=1S/C19H21NOS/c21-19(15-16-7-3-1-4-8-16)20-12-11-18(22-14-13-20)17-9-5-2-6-10-17/h1-10,18H,11-15H2/t18-/m1/s1. The van der Waals surface area contributed by atoms with Crippen molar-refractivity contribution in [2.45, 2.75) is 18.1 Å². The number of hydrogen-bond acceptors (Lipinski definition) is 2. The molecule has 0 N–H and O–H groups in total. The maximum atomic E-state index is 12.5. The van der Waals surface area contributed by atoms with Gasteiger partial charge in [-0.15, -0.1) is 0 Å². The average Bonchev–Trinajstić information content (AvgIpc) is 2.83. The fourth-order valence-electron chi connectivity index (χ4n) is 2.84. The van der Waals surface area contributed by atoms with Crippen LogP contribution in [0.25, 0.3) is 0 Å². The summed E-state index contributed by atoms with van der Waals surface area (Å²) in [5.74, 6) is 1.26. The normalized spacial score (nSPS) is 18.7. The molecule has 1 aliphatic rings. The van der Waals surface area contributed by atoms with Crippen LogP contribution in [0.3, 0.4) is 0 Å². The van der Waals surface area contributed by atoms with E-state index in [4.69, 9.17) is 0 Å². The molecule has 0 unspecified atom stereocenters. The van der Waals surface area contributed by atoms with Crippen LogP contribution in [-0.2, 0) is 11.2 Å². The molecular weight excluding hydrogens is 290 g/mol. The van der Waals surface area contributed by atoms with Crippen molar-refractivity contribution in [1.82, 2.24) is 4.90 Å². The summed E-state index contributed by atoms with van der Waals surface area (Å²) >= 11 is 1.97. The van der Waals surface area contributed by atoms with E-state index in [2.05, 4.69) is 30.3 Å². The van der Waals surface area contributed by atoms with Crippen molar-refractivity contribution < 1.29 is 4.79 Å². The van der Waals surface area contributed by atoms with Crippen molar-refractivity contribution in [2.75, 3.05) is 18.8 Å². The molecule has 1 saturated heterocycles. The molecule has 0 aliphatic carbocycles. The third kappa shape index (κ3) is 3.92. The lowest BCUT2D eigenvalue weighted by Gasteiger charge is -2.20. The quantitative estimate of drug-likeness (QED) is 0.856. The Morgan fingerprint density at radius 2 is 1.68 bits per heavy atom. The van der Waals surface area contributed by atoms with E-state index < -0.39 is 0 Å². The van der Waals surface area contributed by atoms with Crippen LogP contribution in [0.5, 0.6) is 0 Å². The Morgan fingerprint density at radius 1 is 1.00 bits per heavy atom. The van der Waals surface area contributed by atoms with Crippen LogP contribution in [0.1, 0.15) is 22.8 Å². The molecular formula is C19H21NOS. The molecule has 0 saturated carbocycles. The van der Waals surface area contributed by atoms with Gasteiger partial charge in [-0.1, -0.05) is 60.7 Å². The van der Waals surface area contributed by atoms with Gasteiger partial charge >= 0.3 is 0 Å². The number of carbonyl (C=O) groups is 1. The van der Waals surface area contributed by atoms with E-state index in [-0.39, 0.29) is 5.91 Å². The smallest absolute Gasteiger partial charge is 0.227 e. The number of benzene rings is 2. The second-order valence-electron chi connectivity index (χ2n) is 5.60. The summed E-state index contributed by atoms with van der Waals surface area (Å²) in [6, 6.07) is 20.7. The molecule has 3 rings (SSSR count). The van der Waals surface area contributed by atoms with Gasteiger partial charge in [0.1, 0.15) is 0 Å². The lowest BCUT2D eigenvalue weighted by molar-refractivity contribution is -0.130. The molecule has 0 aromatic heterocycles. The highest BCUT2D eigenvalue weighted by Gasteiger charge is 2.21. The Bertz CT molecular complexity index is 599. The second-order valence-corrected chi connectivity index (χ2v) is 6.91. The maximum absolute atomic E-state index is 12.5. The zero-order valence-electron chi connectivity index (χ0n) is 12.7. The lowest BCUT2D eigenvalue weighted by atomic mass is 10.1. The van der Waals surface area contributed by atoms with Gasteiger partial charge < -0.3 is 4.90 Å². The van der Waals surface area contributed by atoms with Crippen LogP contribution in [0.2, 0.25) is 0 Å². The molecule has 1 fully saturated rings. The van der Waals surface area contributed by atoms with Crippen molar-refractivity contribution >= 4 is 17.7 Å². The highest BCUT2D eigenvalue weighted by Crippen LogP contribution is 2.34. The molecule has 0 bridgehead atoms. The molecule has 22 heavy (non-hydrogen) atoms. The van der Waals surface area contributed by atoms with Gasteiger partial charge in [0, 0.05) is 24.1 Å². The van der Waals surface area contributed by atoms with Crippen LogP contribution in [0.15, 0.2) is 60.7 Å². The highest BCUT2D eigenvalue weighted by molar-refractivity contribution is 7.99. The van der Waals surface area contributed by atoms with Gasteiger partial charge in [-0.3, -0.25) is 4.79 Å². The number of rotatable bonds is 3. The van der Waals surface area contributed by atoms with Crippen LogP contribution < -0.4 is 0 Å². The van der Waals surface area contributed by atoms with Crippen molar-refractivity contribution in [1.29, 1.82) is 0 Å². The minimum atomic E-state index is 0.250. The summed E-state index contributed by atoms with van der Waals surface area (Å²) in [6.07, 6.45) is 1.55. The Kier molecular flexibility index (Phi) is 5.17. The monoisotopic (exact) mass is 311 g/mol. The second kappa shape index (κ2) is 7.50. The zero-order chi connectivity index (χ0) is 15.2. The van der Waals surface area contributed by atoms with Gasteiger partial charge in [-0.25, -0.2) is 0 Å². The SMILES string of the molecule is O=C(Cc1ccccc1)N1CCS[C@@H](c2ccccc2)CC1. The third-order valence-electron chi connectivity index (χ3n) is 4.06. The predicted octanol–water partition coefficient (Wildman–Crippen LogP) is 3.94. The molecule has 114 valence electrons. The fraction of sp³-hybridized carbons (Fsp3) is 0.316. The van der Waals surface area contributed by atoms with Gasteiger partial charge in [-0.05, 0) is 17.5 Å². The van der Waals surface area contributed by atoms with Gasteiger partial charge in [0.15, 0.2) is 0 Å². The fourth-order valence-corrected chi connectivity index (χ4v) is 4.07. The van der Waals surface area contributed by atoms with E-state index >= 15 is 0 Å². The summed E-state index contributed by atoms with van der Waals surface area (Å²) in [5, 5.41) is 0.510. The van der Waals surface area contributed by atoms with Crippen molar-refractivity contribution in [2.24, 2.45) is 0 Å². The summed E-state index contributed by atoms with van der Waals surface area (Å²) in [6.45, 7) is 1.72. The first kappa shape index (κ1) is 15.2. The van der Waals surface area contributed by atoms with E-state index in [9.17, 15) is 4.79 Å². The molecule has 0 spiro atoms. The van der Waals surface area contributed by atoms with E-state index in [1.807, 2.05) is 47.0 Å². The average molecular weight is 311 g/mol. The largest absolute Gasteiger partial charge is 0.342 e. The van der Waals surface area contributed by atoms with Gasteiger partial charge in [0.2, 0.25) is 5.91 Å². The lowest BCUT2D eigenvalue weighted by Crippen LogP contribution is -2.34. The number of amides is 1. The van der Waals surface area contributed by atoms with Crippen LogP contribution in [0, 0.1) is 0 Å². The summed E-state index contributed by atoms with van der Waals surface area (Å²) < 4.78 is 0. The Morgan fingerprint density at radius 3 is 2.41 bits per heavy atom. The molecule has 1 atom stereocenters. The highest BCUT2D eigenvalue weighted by atomic mass is 32.2. The summed E-state index contributed by atoms with van der Waals surface area (Å²) in [7, 11) is 0. The Labute approximate surface area is 136 Å². The molecule has 1 aliphatic heterocycles. The molecule has 2 nitrogen and oxygen atoms in total. The van der Waals surface area contributed by atoms with E-state index in [0.29, 0.717) is 11.7 Å². The Balaban J connectivity index is 1.59. The molecule has 1 amide bonds. The number of nitrogens with zero attached hydrogens (tertiary/aromatic N) is 1. The van der Waals surface area contributed by atoms with E-state index in [1.54, 1.807) is 0 Å². The molecule has 3 heteroatoms. The molecule has 2 aromatic carbocycles. The van der Waals surface area contributed by atoms with Crippen LogP contribution in [-0.4, -0.2) is 29.6 Å². The number of carbonyl (C=O) groups excluding carboxylic acids is 1. The molecule has 1 heterocycles. The third-order valence-corrected chi connectivity index (χ3v) is 5.39. The van der Waals surface area contributed by atoms with Gasteiger partial charge in [-0.2, -0.15) is 11.8 Å². The zero-order valence-corrected chi connectivity index (χ0v) is 13.5. The van der Waals surface area contributed by atoms with Crippen LogP contribution in [0.4, 0.5) is 0 Å². The van der Waals surface area contributed by atoms with Crippen molar-refractivity contribution in [3.05, 3.63) is 71.8 Å². The van der Waals surface area contributed by atoms with Gasteiger partial charge in [0.25, 0.3) is 0 Å². The van der Waals surface area contributed by atoms with Crippen molar-refractivity contribution in [3.8, 4) is 0 Å². The first-order valence-electron chi connectivity index (χ1n) is 7.81. The number of thioether (sulfide) groups is 1. The first-order chi connectivity index (χ1) is 10.8.